The molecule has 1 aromatic rings. The third kappa shape index (κ3) is 3.62. The topological polar surface area (TPSA) is 49.4 Å². The summed E-state index contributed by atoms with van der Waals surface area (Å²) in [4.78, 5) is 26.7. The fourth-order valence-corrected chi connectivity index (χ4v) is 8.44. The van der Waals surface area contributed by atoms with Crippen LogP contribution >= 0.6 is 15.9 Å². The first-order valence-corrected chi connectivity index (χ1v) is 11.6. The summed E-state index contributed by atoms with van der Waals surface area (Å²) in [7, 11) is 0. The summed E-state index contributed by atoms with van der Waals surface area (Å²) in [5.41, 5.74) is 2.13. The second kappa shape index (κ2) is 6.86. The normalized spacial score (nSPS) is 36.2. The summed E-state index contributed by atoms with van der Waals surface area (Å²) in [6.07, 6.45) is 9.81. The van der Waals surface area contributed by atoms with E-state index in [9.17, 15) is 9.59 Å². The van der Waals surface area contributed by atoms with E-state index in [1.807, 2.05) is 29.2 Å². The van der Waals surface area contributed by atoms with Gasteiger partial charge in [0.2, 0.25) is 11.8 Å². The van der Waals surface area contributed by atoms with Gasteiger partial charge in [0.15, 0.2) is 0 Å². The number of rotatable bonds is 5. The Morgan fingerprint density at radius 2 is 2.00 bits per heavy atom. The Morgan fingerprint density at radius 1 is 1.21 bits per heavy atom. The number of hydrogen-bond acceptors (Lipinski definition) is 2. The molecule has 0 spiro atoms. The van der Waals surface area contributed by atoms with Crippen molar-refractivity contribution in [2.24, 2.45) is 17.3 Å². The van der Waals surface area contributed by atoms with Crippen molar-refractivity contribution in [1.29, 1.82) is 0 Å². The van der Waals surface area contributed by atoms with Crippen LogP contribution in [-0.2, 0) is 16.1 Å². The first-order chi connectivity index (χ1) is 13.4. The molecule has 6 rings (SSSR count). The van der Waals surface area contributed by atoms with Gasteiger partial charge in [-0.2, -0.15) is 0 Å². The van der Waals surface area contributed by atoms with Crippen molar-refractivity contribution in [2.45, 2.75) is 68.7 Å². The molecule has 1 N–H and O–H groups in total. The van der Waals surface area contributed by atoms with Gasteiger partial charge < -0.3 is 10.2 Å². The number of nitrogens with zero attached hydrogens (tertiary/aromatic N) is 1. The fourth-order valence-electron chi connectivity index (χ4n) is 6.93. The van der Waals surface area contributed by atoms with Crippen LogP contribution in [0.25, 0.3) is 0 Å². The summed E-state index contributed by atoms with van der Waals surface area (Å²) in [5, 5.41) is 3.15. The molecule has 2 amide bonds. The van der Waals surface area contributed by atoms with Crippen LogP contribution in [0.2, 0.25) is 0 Å². The van der Waals surface area contributed by atoms with Crippen LogP contribution in [0.5, 0.6) is 0 Å². The summed E-state index contributed by atoms with van der Waals surface area (Å²) in [6.45, 7) is 1.48. The number of halogens is 1. The van der Waals surface area contributed by atoms with E-state index in [1.54, 1.807) is 0 Å². The number of likely N-dealkylation sites (tertiary alicyclic amines) is 1. The molecule has 4 aliphatic carbocycles. The van der Waals surface area contributed by atoms with E-state index in [0.717, 1.165) is 42.5 Å². The van der Waals surface area contributed by atoms with Gasteiger partial charge in [0, 0.05) is 35.9 Å². The molecule has 1 saturated heterocycles. The standard InChI is InChI=1S/C23H29BrN2O2/c24-23-11-17-7-18(12-23)10-22(9-17,15-23)13-20(27)25-19-4-1-3-16(8-19)14-26-6-2-5-21(26)28/h1,3-4,8,17-18H,2,5-7,9-15H2,(H,25,27). The minimum atomic E-state index is 0.146. The molecule has 150 valence electrons. The molecule has 1 aliphatic heterocycles. The first-order valence-electron chi connectivity index (χ1n) is 10.8. The van der Waals surface area contributed by atoms with Crippen molar-refractivity contribution in [3.05, 3.63) is 29.8 Å². The van der Waals surface area contributed by atoms with Gasteiger partial charge in [0.05, 0.1) is 0 Å². The highest BCUT2D eigenvalue weighted by atomic mass is 79.9. The van der Waals surface area contributed by atoms with Crippen LogP contribution in [0.4, 0.5) is 5.69 Å². The van der Waals surface area contributed by atoms with Gasteiger partial charge in [-0.05, 0) is 79.9 Å². The van der Waals surface area contributed by atoms with Crippen LogP contribution in [0.1, 0.15) is 63.4 Å². The first kappa shape index (κ1) is 18.7. The minimum absolute atomic E-state index is 0.146. The molecule has 5 aliphatic rings. The van der Waals surface area contributed by atoms with Crippen molar-refractivity contribution in [3.63, 3.8) is 0 Å². The molecule has 1 heterocycles. The lowest BCUT2D eigenvalue weighted by Crippen LogP contribution is -2.53. The van der Waals surface area contributed by atoms with E-state index in [1.165, 1.54) is 32.1 Å². The molecule has 4 bridgehead atoms. The Morgan fingerprint density at radius 3 is 2.68 bits per heavy atom. The van der Waals surface area contributed by atoms with E-state index < -0.39 is 0 Å². The van der Waals surface area contributed by atoms with Gasteiger partial charge in [-0.25, -0.2) is 0 Å². The summed E-state index contributed by atoms with van der Waals surface area (Å²) in [5.74, 6) is 1.98. The number of anilines is 1. The average Bonchev–Trinajstić information content (AvgIpc) is 2.97. The molecule has 2 atom stereocenters. The molecule has 0 aromatic heterocycles. The van der Waals surface area contributed by atoms with Gasteiger partial charge in [-0.1, -0.05) is 28.1 Å². The molecule has 0 radical (unpaired) electrons. The van der Waals surface area contributed by atoms with E-state index >= 15 is 0 Å². The summed E-state index contributed by atoms with van der Waals surface area (Å²) in [6, 6.07) is 7.99. The lowest BCUT2D eigenvalue weighted by Gasteiger charge is -2.60. The third-order valence-corrected chi connectivity index (χ3v) is 8.33. The van der Waals surface area contributed by atoms with Crippen molar-refractivity contribution in [2.75, 3.05) is 11.9 Å². The Bertz CT molecular complexity index is 794. The highest BCUT2D eigenvalue weighted by molar-refractivity contribution is 9.10. The van der Waals surface area contributed by atoms with Crippen LogP contribution in [0.3, 0.4) is 0 Å². The zero-order chi connectivity index (χ0) is 19.4. The Balaban J connectivity index is 1.24. The molecule has 5 fully saturated rings. The highest BCUT2D eigenvalue weighted by Crippen LogP contribution is 2.65. The van der Waals surface area contributed by atoms with Crippen LogP contribution < -0.4 is 5.32 Å². The van der Waals surface area contributed by atoms with Crippen LogP contribution in [-0.4, -0.2) is 27.6 Å². The zero-order valence-electron chi connectivity index (χ0n) is 16.4. The number of alkyl halides is 1. The van der Waals surface area contributed by atoms with Crippen molar-refractivity contribution in [3.8, 4) is 0 Å². The second-order valence-electron chi connectivity index (χ2n) is 9.96. The number of hydrogen-bond donors (Lipinski definition) is 1. The molecule has 4 saturated carbocycles. The summed E-state index contributed by atoms with van der Waals surface area (Å²) < 4.78 is 0.291. The third-order valence-electron chi connectivity index (χ3n) is 7.40. The van der Waals surface area contributed by atoms with Gasteiger partial charge in [0.25, 0.3) is 0 Å². The molecule has 1 aromatic carbocycles. The fraction of sp³-hybridized carbons (Fsp3) is 0.652. The predicted octanol–water partition coefficient (Wildman–Crippen LogP) is 4.87. The molecule has 28 heavy (non-hydrogen) atoms. The monoisotopic (exact) mass is 444 g/mol. The number of carbonyl (C=O) groups excluding carboxylic acids is 2. The lowest BCUT2D eigenvalue weighted by molar-refractivity contribution is -0.128. The van der Waals surface area contributed by atoms with Gasteiger partial charge in [-0.15, -0.1) is 0 Å². The molecular formula is C23H29BrN2O2. The van der Waals surface area contributed by atoms with Crippen LogP contribution in [0, 0.1) is 17.3 Å². The van der Waals surface area contributed by atoms with Crippen molar-refractivity contribution >= 4 is 33.4 Å². The number of amides is 2. The number of nitrogens with one attached hydrogen (secondary N) is 1. The maximum absolute atomic E-state index is 12.9. The Labute approximate surface area is 175 Å². The maximum Gasteiger partial charge on any atom is 0.224 e. The van der Waals surface area contributed by atoms with Crippen LogP contribution in [0.15, 0.2) is 24.3 Å². The van der Waals surface area contributed by atoms with Crippen molar-refractivity contribution < 1.29 is 9.59 Å². The van der Waals surface area contributed by atoms with Gasteiger partial charge >= 0.3 is 0 Å². The molecule has 4 nitrogen and oxygen atoms in total. The predicted molar refractivity (Wildman–Crippen MR) is 113 cm³/mol. The van der Waals surface area contributed by atoms with E-state index in [-0.39, 0.29) is 17.2 Å². The zero-order valence-corrected chi connectivity index (χ0v) is 18.0. The number of carbonyl (C=O) groups is 2. The van der Waals surface area contributed by atoms with E-state index in [4.69, 9.17) is 0 Å². The Kier molecular flexibility index (Phi) is 4.57. The second-order valence-corrected chi connectivity index (χ2v) is 11.6. The largest absolute Gasteiger partial charge is 0.338 e. The van der Waals surface area contributed by atoms with E-state index in [2.05, 4.69) is 21.2 Å². The molecule has 5 heteroatoms. The van der Waals surface area contributed by atoms with Gasteiger partial charge in [0.1, 0.15) is 0 Å². The number of benzene rings is 1. The SMILES string of the molecule is O=C(CC12CC3CC(CC(Br)(C3)C1)C2)Nc1cccc(CN2CCCC2=O)c1. The maximum atomic E-state index is 12.9. The Hall–Kier alpha value is -1.36. The van der Waals surface area contributed by atoms with E-state index in [0.29, 0.717) is 23.7 Å². The van der Waals surface area contributed by atoms with Crippen molar-refractivity contribution in [1.82, 2.24) is 4.90 Å². The minimum Gasteiger partial charge on any atom is -0.338 e. The average molecular weight is 445 g/mol. The van der Waals surface area contributed by atoms with Gasteiger partial charge in [-0.3, -0.25) is 9.59 Å². The lowest BCUT2D eigenvalue weighted by atomic mass is 9.48. The smallest absolute Gasteiger partial charge is 0.224 e. The molecular weight excluding hydrogens is 416 g/mol. The summed E-state index contributed by atoms with van der Waals surface area (Å²) >= 11 is 4.04. The quantitative estimate of drug-likeness (QED) is 0.658. The molecule has 2 unspecified atom stereocenters. The highest BCUT2D eigenvalue weighted by Gasteiger charge is 2.57.